The van der Waals surface area contributed by atoms with Crippen LogP contribution in [0.15, 0.2) is 42.6 Å². The molecule has 0 bridgehead atoms. The number of nitrogens with one attached hydrogen (secondary N) is 1. The lowest BCUT2D eigenvalue weighted by molar-refractivity contribution is -0.206. The number of aliphatic hydroxyl groups excluding tert-OH is 2. The van der Waals surface area contributed by atoms with Crippen LogP contribution in [-0.2, 0) is 9.47 Å². The van der Waals surface area contributed by atoms with Crippen molar-refractivity contribution in [2.45, 2.75) is 24.3 Å². The quantitative estimate of drug-likeness (QED) is 0.444. The first-order valence-corrected chi connectivity index (χ1v) is 9.11. The number of carbonyl (C=O) groups excluding carboxylic acids is 1. The Balaban J connectivity index is 1.58. The first-order chi connectivity index (χ1) is 14.3. The molecule has 0 radical (unpaired) electrons. The van der Waals surface area contributed by atoms with Gasteiger partial charge in [0.25, 0.3) is 5.85 Å². The Hall–Kier alpha value is -3.28. The predicted octanol–water partition coefficient (Wildman–Crippen LogP) is 0.829. The van der Waals surface area contributed by atoms with E-state index in [1.165, 1.54) is 22.9 Å². The lowest BCUT2D eigenvalue weighted by Crippen LogP contribution is -2.43. The molecule has 0 aliphatic carbocycles. The average molecular weight is 417 g/mol. The number of benzene rings is 1. The number of aliphatic hydroxyl groups is 2. The molecule has 0 spiro atoms. The Kier molecular flexibility index (Phi) is 5.02. The van der Waals surface area contributed by atoms with Crippen molar-refractivity contribution < 1.29 is 28.9 Å². The highest BCUT2D eigenvalue weighted by Gasteiger charge is 2.57. The molecule has 30 heavy (non-hydrogen) atoms. The Morgan fingerprint density at radius 3 is 2.77 bits per heavy atom. The molecule has 1 saturated heterocycles. The van der Waals surface area contributed by atoms with E-state index >= 15 is 4.39 Å². The van der Waals surface area contributed by atoms with E-state index in [-0.39, 0.29) is 17.2 Å². The summed E-state index contributed by atoms with van der Waals surface area (Å²) in [6.07, 6.45) is -3.46. The Morgan fingerprint density at radius 1 is 1.33 bits per heavy atom. The lowest BCUT2D eigenvalue weighted by atomic mass is 10.1. The summed E-state index contributed by atoms with van der Waals surface area (Å²) in [5.74, 6) is -3.21. The van der Waals surface area contributed by atoms with Gasteiger partial charge in [-0.25, -0.2) is 9.18 Å². The number of nitrogens with zero attached hydrogens (tertiary/aromatic N) is 3. The van der Waals surface area contributed by atoms with Gasteiger partial charge in [0, 0.05) is 13.2 Å². The Morgan fingerprint density at radius 2 is 2.07 bits per heavy atom. The zero-order valence-corrected chi connectivity index (χ0v) is 15.9. The number of aromatic nitrogens is 3. The van der Waals surface area contributed by atoms with Crippen LogP contribution in [0.2, 0.25) is 0 Å². The van der Waals surface area contributed by atoms with Crippen molar-refractivity contribution in [1.29, 1.82) is 0 Å². The molecule has 4 rings (SSSR count). The summed E-state index contributed by atoms with van der Waals surface area (Å²) < 4.78 is 26.9. The molecular weight excluding hydrogens is 397 g/mol. The van der Waals surface area contributed by atoms with Crippen LogP contribution < -0.4 is 11.1 Å². The van der Waals surface area contributed by atoms with Crippen molar-refractivity contribution in [3.63, 3.8) is 0 Å². The summed E-state index contributed by atoms with van der Waals surface area (Å²) in [5, 5.41) is 24.1. The number of carbonyl (C=O) groups is 1. The van der Waals surface area contributed by atoms with E-state index < -0.39 is 36.9 Å². The van der Waals surface area contributed by atoms with Gasteiger partial charge in [0.15, 0.2) is 12.8 Å². The number of hydrogen-bond donors (Lipinski definition) is 4. The predicted molar refractivity (Wildman–Crippen MR) is 104 cm³/mol. The molecule has 11 heteroatoms. The number of anilines is 2. The highest BCUT2D eigenvalue weighted by atomic mass is 19.2. The van der Waals surface area contributed by atoms with Gasteiger partial charge in [-0.2, -0.15) is 9.97 Å². The van der Waals surface area contributed by atoms with Crippen molar-refractivity contribution >= 4 is 28.8 Å². The molecule has 158 valence electrons. The smallest absolute Gasteiger partial charge is 0.338 e. The Bertz CT molecular complexity index is 1080. The standard InChI is InChI=1S/C19H20FN5O5/c1-22-14-11-7-8-25(15(11)24-18(21)23-14)16-12(26)13(27)19(20,30-16)9-29-17(28)10-5-3-2-4-6-10/h2-8,12-13,16,26-27H,9H2,1H3,(H3,21,22,23,24)/t12-,13+,16-,19-/m1/s1. The van der Waals surface area contributed by atoms with Crippen molar-refractivity contribution in [3.8, 4) is 0 Å². The largest absolute Gasteiger partial charge is 0.456 e. The van der Waals surface area contributed by atoms with E-state index in [4.69, 9.17) is 15.2 Å². The minimum Gasteiger partial charge on any atom is -0.456 e. The highest BCUT2D eigenvalue weighted by Crippen LogP contribution is 2.40. The highest BCUT2D eigenvalue weighted by molar-refractivity contribution is 5.89. The summed E-state index contributed by atoms with van der Waals surface area (Å²) in [5.41, 5.74) is 6.21. The van der Waals surface area contributed by atoms with Gasteiger partial charge in [-0.1, -0.05) is 18.2 Å². The molecule has 1 aliphatic rings. The van der Waals surface area contributed by atoms with Crippen molar-refractivity contribution in [1.82, 2.24) is 14.5 Å². The maximum Gasteiger partial charge on any atom is 0.338 e. The molecular formula is C19H20FN5O5. The number of rotatable bonds is 5. The zero-order valence-electron chi connectivity index (χ0n) is 15.9. The lowest BCUT2D eigenvalue weighted by Gasteiger charge is -2.22. The second-order valence-electron chi connectivity index (χ2n) is 6.81. The molecule has 10 nitrogen and oxygen atoms in total. The first kappa shape index (κ1) is 20.0. The molecule has 0 amide bonds. The minimum atomic E-state index is -2.82. The monoisotopic (exact) mass is 417 g/mol. The molecule has 0 unspecified atom stereocenters. The third-order valence-corrected chi connectivity index (χ3v) is 4.88. The second kappa shape index (κ2) is 7.52. The third kappa shape index (κ3) is 3.32. The number of esters is 1. The van der Waals surface area contributed by atoms with Gasteiger partial charge in [-0.15, -0.1) is 0 Å². The second-order valence-corrected chi connectivity index (χ2v) is 6.81. The zero-order chi connectivity index (χ0) is 21.5. The summed E-state index contributed by atoms with van der Waals surface area (Å²) in [6.45, 7) is -0.909. The molecule has 1 aromatic carbocycles. The van der Waals surface area contributed by atoms with Gasteiger partial charge in [-0.05, 0) is 18.2 Å². The third-order valence-electron chi connectivity index (χ3n) is 4.88. The van der Waals surface area contributed by atoms with Gasteiger partial charge in [0.1, 0.15) is 23.7 Å². The topological polar surface area (TPSA) is 145 Å². The molecule has 1 aliphatic heterocycles. The Labute approximate surface area is 170 Å². The fourth-order valence-corrected chi connectivity index (χ4v) is 3.36. The van der Waals surface area contributed by atoms with Crippen molar-refractivity contribution in [2.24, 2.45) is 0 Å². The van der Waals surface area contributed by atoms with Gasteiger partial charge in [0.2, 0.25) is 5.95 Å². The number of hydrogen-bond acceptors (Lipinski definition) is 9. The van der Waals surface area contributed by atoms with Crippen LogP contribution >= 0.6 is 0 Å². The van der Waals surface area contributed by atoms with E-state index in [1.54, 1.807) is 31.3 Å². The molecule has 5 N–H and O–H groups in total. The SMILES string of the molecule is CNc1nc(N)nc2c1ccn2[C@@H]1O[C@](F)(COC(=O)c2ccccc2)[C@@H](O)[C@H]1O. The average Bonchev–Trinajstić information content (AvgIpc) is 3.26. The van der Waals surface area contributed by atoms with E-state index in [9.17, 15) is 15.0 Å². The van der Waals surface area contributed by atoms with E-state index in [0.29, 0.717) is 11.2 Å². The van der Waals surface area contributed by atoms with Crippen LogP contribution in [0.5, 0.6) is 0 Å². The number of alkyl halides is 1. The van der Waals surface area contributed by atoms with Crippen molar-refractivity contribution in [3.05, 3.63) is 48.2 Å². The number of nitrogens with two attached hydrogens (primary N) is 1. The van der Waals surface area contributed by atoms with Crippen LogP contribution in [-0.4, -0.2) is 62.4 Å². The van der Waals surface area contributed by atoms with Gasteiger partial charge in [-0.3, -0.25) is 0 Å². The van der Waals surface area contributed by atoms with E-state index in [0.717, 1.165) is 0 Å². The van der Waals surface area contributed by atoms with Gasteiger partial charge < -0.3 is 35.3 Å². The van der Waals surface area contributed by atoms with Crippen LogP contribution in [0.1, 0.15) is 16.6 Å². The van der Waals surface area contributed by atoms with Crippen molar-refractivity contribution in [2.75, 3.05) is 24.7 Å². The maximum atomic E-state index is 15.3. The van der Waals surface area contributed by atoms with Crippen LogP contribution in [0.4, 0.5) is 16.2 Å². The minimum absolute atomic E-state index is 0.0388. The number of nitrogen functional groups attached to an aromatic ring is 1. The summed E-state index contributed by atoms with van der Waals surface area (Å²) in [4.78, 5) is 20.3. The molecule has 0 saturated carbocycles. The van der Waals surface area contributed by atoms with E-state index in [1.807, 2.05) is 0 Å². The van der Waals surface area contributed by atoms with Gasteiger partial charge in [0.05, 0.1) is 10.9 Å². The van der Waals surface area contributed by atoms with Crippen LogP contribution in [0.25, 0.3) is 11.0 Å². The van der Waals surface area contributed by atoms with Crippen LogP contribution in [0, 0.1) is 0 Å². The number of ether oxygens (including phenoxy) is 2. The molecule has 4 atom stereocenters. The van der Waals surface area contributed by atoms with Gasteiger partial charge >= 0.3 is 5.97 Å². The normalized spacial score (nSPS) is 26.1. The summed E-state index contributed by atoms with van der Waals surface area (Å²) >= 11 is 0. The summed E-state index contributed by atoms with van der Waals surface area (Å²) in [6, 6.07) is 9.63. The van der Waals surface area contributed by atoms with E-state index in [2.05, 4.69) is 15.3 Å². The summed E-state index contributed by atoms with van der Waals surface area (Å²) in [7, 11) is 1.65. The fourth-order valence-electron chi connectivity index (χ4n) is 3.36. The molecule has 1 fully saturated rings. The number of halogens is 1. The molecule has 2 aromatic heterocycles. The van der Waals surface area contributed by atoms with Crippen LogP contribution in [0.3, 0.4) is 0 Å². The maximum absolute atomic E-state index is 15.3. The number of fused-ring (bicyclic) bond motifs is 1. The fraction of sp³-hybridized carbons (Fsp3) is 0.316. The first-order valence-electron chi connectivity index (χ1n) is 9.11. The molecule has 3 aromatic rings. The molecule has 3 heterocycles.